The molecule has 0 heteroatoms. The lowest BCUT2D eigenvalue weighted by Crippen LogP contribution is -2.14. The van der Waals surface area contributed by atoms with Gasteiger partial charge >= 0.3 is 0 Å². The van der Waals surface area contributed by atoms with E-state index in [1.54, 1.807) is 0 Å². The van der Waals surface area contributed by atoms with E-state index >= 15 is 0 Å². The van der Waals surface area contributed by atoms with Crippen LogP contribution in [0.15, 0.2) is 170 Å². The highest BCUT2D eigenvalue weighted by atomic mass is 14.4. The van der Waals surface area contributed by atoms with E-state index in [2.05, 4.69) is 184 Å². The molecule has 0 saturated heterocycles. The molecule has 0 N–H and O–H groups in total. The van der Waals surface area contributed by atoms with Gasteiger partial charge in [0.1, 0.15) is 0 Å². The third kappa shape index (κ3) is 4.24. The highest BCUT2D eigenvalue weighted by molar-refractivity contribution is 6.25. The van der Waals surface area contributed by atoms with Crippen molar-refractivity contribution < 1.29 is 0 Å². The Morgan fingerprint density at radius 3 is 1.61 bits per heavy atom. The van der Waals surface area contributed by atoms with Gasteiger partial charge < -0.3 is 0 Å². The number of fused-ring (bicyclic) bond motifs is 3. The fourth-order valence-corrected chi connectivity index (χ4v) is 8.53. The zero-order chi connectivity index (χ0) is 32.7. The summed E-state index contributed by atoms with van der Waals surface area (Å²) in [6.07, 6.45) is 0. The first kappa shape index (κ1) is 28.1. The molecule has 0 heterocycles. The summed E-state index contributed by atoms with van der Waals surface area (Å²) in [6, 6.07) is 63.2. The quantitative estimate of drug-likeness (QED) is 0.171. The predicted octanol–water partition coefficient (Wildman–Crippen LogP) is 13.6. The van der Waals surface area contributed by atoms with E-state index in [-0.39, 0.29) is 5.41 Å². The molecule has 9 aromatic carbocycles. The monoisotopic (exact) mass is 622 g/mol. The van der Waals surface area contributed by atoms with Crippen molar-refractivity contribution in [2.75, 3.05) is 0 Å². The third-order valence-electron chi connectivity index (χ3n) is 11.1. The maximum atomic E-state index is 2.42. The van der Waals surface area contributed by atoms with Gasteiger partial charge in [-0.25, -0.2) is 0 Å². The molecular weight excluding hydrogens is 589 g/mol. The smallest absolute Gasteiger partial charge is 0.0159 e. The summed E-state index contributed by atoms with van der Waals surface area (Å²) < 4.78 is 0. The van der Waals surface area contributed by atoms with Crippen molar-refractivity contribution in [3.8, 4) is 55.6 Å². The molecule has 10 rings (SSSR count). The summed E-state index contributed by atoms with van der Waals surface area (Å²) in [5, 5.41) is 7.92. The van der Waals surface area contributed by atoms with E-state index in [0.29, 0.717) is 0 Å². The molecule has 0 atom stereocenters. The van der Waals surface area contributed by atoms with E-state index in [9.17, 15) is 0 Å². The van der Waals surface area contributed by atoms with Crippen LogP contribution >= 0.6 is 0 Å². The van der Waals surface area contributed by atoms with Crippen LogP contribution in [-0.4, -0.2) is 0 Å². The highest BCUT2D eigenvalue weighted by Crippen LogP contribution is 2.50. The predicted molar refractivity (Wildman–Crippen MR) is 209 cm³/mol. The minimum atomic E-state index is -0.0272. The average molecular weight is 623 g/mol. The van der Waals surface area contributed by atoms with Gasteiger partial charge in [-0.2, -0.15) is 0 Å². The lowest BCUT2D eigenvalue weighted by molar-refractivity contribution is 0.660. The zero-order valence-corrected chi connectivity index (χ0v) is 27.7. The van der Waals surface area contributed by atoms with Crippen LogP contribution in [0.5, 0.6) is 0 Å². The molecule has 0 saturated carbocycles. The normalized spacial score (nSPS) is 13.3. The Kier molecular flexibility index (Phi) is 6.02. The minimum Gasteiger partial charge on any atom is -0.0622 e. The van der Waals surface area contributed by atoms with Gasteiger partial charge in [-0.15, -0.1) is 0 Å². The molecule has 0 spiro atoms. The maximum absolute atomic E-state index is 2.42. The minimum absolute atomic E-state index is 0.0272. The van der Waals surface area contributed by atoms with Gasteiger partial charge in [0.05, 0.1) is 0 Å². The molecule has 1 aliphatic rings. The maximum Gasteiger partial charge on any atom is 0.0159 e. The standard InChI is InChI=1S/C49H34/c1-49(2)45-14-7-6-13-41(45)42-27-24-38(30-46(42)49)37-23-26-40(44(29-37)31-9-4-3-5-10-31)33-17-15-32(16-18-33)39-25-21-36-20-19-34-11-8-12-35-22-28-43(39)48(36)47(34)35/h3-30H,1-2H3. The van der Waals surface area contributed by atoms with E-state index < -0.39 is 0 Å². The van der Waals surface area contributed by atoms with Gasteiger partial charge in [0.25, 0.3) is 0 Å². The Labute approximate surface area is 287 Å². The summed E-state index contributed by atoms with van der Waals surface area (Å²) in [5.41, 5.74) is 15.4. The summed E-state index contributed by atoms with van der Waals surface area (Å²) in [5.74, 6) is 0. The van der Waals surface area contributed by atoms with Crippen LogP contribution in [0.4, 0.5) is 0 Å². The summed E-state index contributed by atoms with van der Waals surface area (Å²) in [6.45, 7) is 4.71. The summed E-state index contributed by atoms with van der Waals surface area (Å²) in [4.78, 5) is 0. The first-order valence-corrected chi connectivity index (χ1v) is 17.3. The van der Waals surface area contributed by atoms with Crippen molar-refractivity contribution in [2.45, 2.75) is 19.3 Å². The molecule has 1 aliphatic carbocycles. The van der Waals surface area contributed by atoms with E-state index in [0.717, 1.165) is 0 Å². The lowest BCUT2D eigenvalue weighted by atomic mass is 9.81. The third-order valence-corrected chi connectivity index (χ3v) is 11.1. The molecule has 0 unspecified atom stereocenters. The second kappa shape index (κ2) is 10.5. The van der Waals surface area contributed by atoms with Crippen molar-refractivity contribution in [3.63, 3.8) is 0 Å². The molecule has 230 valence electrons. The first-order valence-electron chi connectivity index (χ1n) is 17.3. The van der Waals surface area contributed by atoms with Crippen LogP contribution in [0, 0.1) is 0 Å². The molecule has 0 bridgehead atoms. The molecule has 0 fully saturated rings. The lowest BCUT2D eigenvalue weighted by Gasteiger charge is -2.22. The average Bonchev–Trinajstić information content (AvgIpc) is 3.39. The number of rotatable bonds is 4. The van der Waals surface area contributed by atoms with Gasteiger partial charge in [0.2, 0.25) is 0 Å². The molecule has 49 heavy (non-hydrogen) atoms. The number of benzene rings is 9. The van der Waals surface area contributed by atoms with Crippen molar-refractivity contribution >= 4 is 32.3 Å². The molecule has 0 aromatic heterocycles. The van der Waals surface area contributed by atoms with Gasteiger partial charge in [-0.1, -0.05) is 172 Å². The van der Waals surface area contributed by atoms with Gasteiger partial charge in [0.15, 0.2) is 0 Å². The Morgan fingerprint density at radius 1 is 0.306 bits per heavy atom. The second-order valence-electron chi connectivity index (χ2n) is 14.1. The van der Waals surface area contributed by atoms with Gasteiger partial charge in [-0.3, -0.25) is 0 Å². The summed E-state index contributed by atoms with van der Waals surface area (Å²) >= 11 is 0. The fraction of sp³-hybridized carbons (Fsp3) is 0.0612. The molecule has 0 nitrogen and oxygen atoms in total. The van der Waals surface area contributed by atoms with E-state index in [1.165, 1.54) is 99.1 Å². The molecule has 0 radical (unpaired) electrons. The molecule has 9 aromatic rings. The zero-order valence-electron chi connectivity index (χ0n) is 27.7. The Hall–Kier alpha value is -5.98. The molecule has 0 amide bonds. The van der Waals surface area contributed by atoms with Crippen molar-refractivity contribution in [1.82, 2.24) is 0 Å². The molecule has 0 aliphatic heterocycles. The van der Waals surface area contributed by atoms with E-state index in [1.807, 2.05) is 0 Å². The highest BCUT2D eigenvalue weighted by Gasteiger charge is 2.35. The largest absolute Gasteiger partial charge is 0.0622 e. The van der Waals surface area contributed by atoms with Crippen LogP contribution < -0.4 is 0 Å². The van der Waals surface area contributed by atoms with Crippen molar-refractivity contribution in [3.05, 3.63) is 181 Å². The van der Waals surface area contributed by atoms with Crippen LogP contribution in [0.3, 0.4) is 0 Å². The number of hydrogen-bond acceptors (Lipinski definition) is 0. The van der Waals surface area contributed by atoms with Crippen molar-refractivity contribution in [1.29, 1.82) is 0 Å². The van der Waals surface area contributed by atoms with Gasteiger partial charge in [0, 0.05) is 5.41 Å². The van der Waals surface area contributed by atoms with Crippen LogP contribution in [0.2, 0.25) is 0 Å². The fourth-order valence-electron chi connectivity index (χ4n) is 8.53. The van der Waals surface area contributed by atoms with Crippen LogP contribution in [0.25, 0.3) is 88.0 Å². The van der Waals surface area contributed by atoms with E-state index in [4.69, 9.17) is 0 Å². The van der Waals surface area contributed by atoms with Gasteiger partial charge in [-0.05, 0) is 111 Å². The number of hydrogen-bond donors (Lipinski definition) is 0. The first-order chi connectivity index (χ1) is 24.0. The summed E-state index contributed by atoms with van der Waals surface area (Å²) in [7, 11) is 0. The Balaban J connectivity index is 1.07. The Bertz CT molecular complexity index is 2690. The molecular formula is C49H34. The van der Waals surface area contributed by atoms with Crippen LogP contribution in [-0.2, 0) is 5.41 Å². The Morgan fingerprint density at radius 2 is 0.837 bits per heavy atom. The second-order valence-corrected chi connectivity index (χ2v) is 14.1. The topological polar surface area (TPSA) is 0 Å². The van der Waals surface area contributed by atoms with Crippen molar-refractivity contribution in [2.24, 2.45) is 0 Å². The van der Waals surface area contributed by atoms with Crippen LogP contribution in [0.1, 0.15) is 25.0 Å². The SMILES string of the molecule is CC1(C)c2ccccc2-c2ccc(-c3ccc(-c4ccc(-c5ccc6ccc7cccc8ccc5c6c78)cc4)c(-c4ccccc4)c3)cc21.